The second kappa shape index (κ2) is 5.78. The minimum Gasteiger partial charge on any atom is -0.340 e. The summed E-state index contributed by atoms with van der Waals surface area (Å²) in [6.45, 7) is 0.552. The van der Waals surface area contributed by atoms with Crippen molar-refractivity contribution in [1.29, 1.82) is 0 Å². The van der Waals surface area contributed by atoms with Crippen molar-refractivity contribution < 1.29 is 9.18 Å². The van der Waals surface area contributed by atoms with E-state index in [1.165, 1.54) is 17.4 Å². The number of amides is 1. The summed E-state index contributed by atoms with van der Waals surface area (Å²) < 4.78 is 14.5. The van der Waals surface area contributed by atoms with E-state index in [1.807, 2.05) is 18.2 Å². The summed E-state index contributed by atoms with van der Waals surface area (Å²) in [5.41, 5.74) is 0.656. The van der Waals surface area contributed by atoms with E-state index in [-0.39, 0.29) is 23.6 Å². The van der Waals surface area contributed by atoms with Crippen LogP contribution in [0.25, 0.3) is 0 Å². The molecule has 3 rings (SSSR count). The van der Waals surface area contributed by atoms with Crippen LogP contribution in [0.1, 0.15) is 22.8 Å². The molecule has 0 N–H and O–H groups in total. The molecule has 5 heteroatoms. The molecule has 1 aliphatic carbocycles. The number of carbonyl (C=O) groups excluding carboxylic acids is 1. The topological polar surface area (TPSA) is 20.3 Å². The predicted molar refractivity (Wildman–Crippen MR) is 83.1 cm³/mol. The number of halogens is 2. The van der Waals surface area contributed by atoms with Gasteiger partial charge in [0, 0.05) is 17.8 Å². The molecule has 0 spiro atoms. The highest BCUT2D eigenvalue weighted by Gasteiger charge is 2.46. The minimum atomic E-state index is -0.217. The Morgan fingerprint density at radius 2 is 2.14 bits per heavy atom. The molecule has 21 heavy (non-hydrogen) atoms. The average molecular weight is 324 g/mol. The van der Waals surface area contributed by atoms with Gasteiger partial charge in [0.25, 0.3) is 0 Å². The number of nitrogens with zero attached hydrogens (tertiary/aromatic N) is 1. The molecule has 1 aromatic heterocycles. The SMILES string of the molecule is CN(Cc1ccc(Cl)s1)C(=O)C1CC1c1ccccc1F. The molecule has 1 aromatic carbocycles. The van der Waals surface area contributed by atoms with Gasteiger partial charge in [-0.05, 0) is 36.1 Å². The fourth-order valence-corrected chi connectivity index (χ4v) is 3.76. The van der Waals surface area contributed by atoms with Gasteiger partial charge in [-0.25, -0.2) is 4.39 Å². The highest BCUT2D eigenvalue weighted by Crippen LogP contribution is 2.49. The Kier molecular flexibility index (Phi) is 4.00. The zero-order valence-corrected chi connectivity index (χ0v) is 13.1. The summed E-state index contributed by atoms with van der Waals surface area (Å²) >= 11 is 7.37. The van der Waals surface area contributed by atoms with Gasteiger partial charge in [-0.3, -0.25) is 4.79 Å². The summed E-state index contributed by atoms with van der Waals surface area (Å²) in [4.78, 5) is 15.1. The molecule has 1 heterocycles. The molecule has 1 amide bonds. The number of thiophene rings is 1. The average Bonchev–Trinajstić information content (AvgIpc) is 3.15. The van der Waals surface area contributed by atoms with Crippen LogP contribution in [-0.4, -0.2) is 17.9 Å². The molecule has 2 unspecified atom stereocenters. The third-order valence-corrected chi connectivity index (χ3v) is 5.03. The van der Waals surface area contributed by atoms with Gasteiger partial charge in [0.1, 0.15) is 5.82 Å². The van der Waals surface area contributed by atoms with Crippen LogP contribution in [0.15, 0.2) is 36.4 Å². The molecule has 1 saturated carbocycles. The number of carbonyl (C=O) groups is 1. The van der Waals surface area contributed by atoms with Crippen LogP contribution in [0.4, 0.5) is 4.39 Å². The van der Waals surface area contributed by atoms with Crippen LogP contribution in [-0.2, 0) is 11.3 Å². The smallest absolute Gasteiger partial charge is 0.226 e. The maximum Gasteiger partial charge on any atom is 0.226 e. The van der Waals surface area contributed by atoms with Crippen molar-refractivity contribution in [3.63, 3.8) is 0 Å². The van der Waals surface area contributed by atoms with Crippen molar-refractivity contribution in [2.75, 3.05) is 7.05 Å². The second-order valence-corrected chi connectivity index (χ2v) is 7.17. The maximum atomic E-state index is 13.7. The van der Waals surface area contributed by atoms with Crippen LogP contribution in [0.2, 0.25) is 4.34 Å². The van der Waals surface area contributed by atoms with Crippen molar-refractivity contribution >= 4 is 28.8 Å². The highest BCUT2D eigenvalue weighted by atomic mass is 35.5. The van der Waals surface area contributed by atoms with Crippen LogP contribution >= 0.6 is 22.9 Å². The number of hydrogen-bond donors (Lipinski definition) is 0. The molecule has 1 aliphatic rings. The van der Waals surface area contributed by atoms with Crippen molar-refractivity contribution in [3.8, 4) is 0 Å². The van der Waals surface area contributed by atoms with Gasteiger partial charge in [-0.15, -0.1) is 11.3 Å². The standard InChI is InChI=1S/C16H15ClFNOS/c1-19(9-10-6-7-15(17)21-10)16(20)13-8-12(13)11-4-2-3-5-14(11)18/h2-7,12-13H,8-9H2,1H3. The number of benzene rings is 1. The lowest BCUT2D eigenvalue weighted by Gasteiger charge is -2.16. The van der Waals surface area contributed by atoms with E-state index in [0.29, 0.717) is 12.1 Å². The zero-order valence-electron chi connectivity index (χ0n) is 11.6. The summed E-state index contributed by atoms with van der Waals surface area (Å²) in [6, 6.07) is 10.5. The molecule has 0 saturated heterocycles. The van der Waals surface area contributed by atoms with E-state index in [1.54, 1.807) is 24.1 Å². The summed E-state index contributed by atoms with van der Waals surface area (Å²) in [7, 11) is 1.78. The molecule has 0 radical (unpaired) electrons. The summed E-state index contributed by atoms with van der Waals surface area (Å²) in [6.07, 6.45) is 0.731. The fourth-order valence-electron chi connectivity index (χ4n) is 2.62. The molecule has 0 aliphatic heterocycles. The Morgan fingerprint density at radius 3 is 2.81 bits per heavy atom. The molecule has 1 fully saturated rings. The third kappa shape index (κ3) is 3.11. The monoisotopic (exact) mass is 323 g/mol. The van der Waals surface area contributed by atoms with Gasteiger partial charge >= 0.3 is 0 Å². The first-order chi connectivity index (χ1) is 10.1. The fraction of sp³-hybridized carbons (Fsp3) is 0.312. The van der Waals surface area contributed by atoms with Crippen molar-refractivity contribution in [2.24, 2.45) is 5.92 Å². The molecule has 2 atom stereocenters. The van der Waals surface area contributed by atoms with Gasteiger partial charge in [0.2, 0.25) is 5.91 Å². The van der Waals surface area contributed by atoms with E-state index in [0.717, 1.165) is 15.6 Å². The number of hydrogen-bond acceptors (Lipinski definition) is 2. The molecule has 2 aromatic rings. The lowest BCUT2D eigenvalue weighted by atomic mass is 10.1. The first kappa shape index (κ1) is 14.5. The van der Waals surface area contributed by atoms with E-state index < -0.39 is 0 Å². The molecular formula is C16H15ClFNOS. The first-order valence-corrected chi connectivity index (χ1v) is 7.99. The Morgan fingerprint density at radius 1 is 1.38 bits per heavy atom. The van der Waals surface area contributed by atoms with Gasteiger partial charge in [0.05, 0.1) is 10.9 Å². The van der Waals surface area contributed by atoms with Gasteiger partial charge in [-0.1, -0.05) is 29.8 Å². The summed E-state index contributed by atoms with van der Waals surface area (Å²) in [5.74, 6) is -0.214. The predicted octanol–water partition coefficient (Wildman–Crippen LogP) is 4.30. The van der Waals surface area contributed by atoms with Crippen LogP contribution in [0, 0.1) is 11.7 Å². The normalized spacial score (nSPS) is 20.3. The van der Waals surface area contributed by atoms with Gasteiger partial charge < -0.3 is 4.90 Å². The van der Waals surface area contributed by atoms with Crippen LogP contribution in [0.5, 0.6) is 0 Å². The lowest BCUT2D eigenvalue weighted by Crippen LogP contribution is -2.27. The molecule has 0 bridgehead atoms. The third-order valence-electron chi connectivity index (χ3n) is 3.81. The minimum absolute atomic E-state index is 0.0214. The molecule has 110 valence electrons. The quantitative estimate of drug-likeness (QED) is 0.821. The van der Waals surface area contributed by atoms with Gasteiger partial charge in [0.15, 0.2) is 0 Å². The second-order valence-electron chi connectivity index (χ2n) is 5.37. The van der Waals surface area contributed by atoms with E-state index in [4.69, 9.17) is 11.6 Å². The Balaban J connectivity index is 1.63. The van der Waals surface area contributed by atoms with E-state index in [2.05, 4.69) is 0 Å². The van der Waals surface area contributed by atoms with Crippen molar-refractivity contribution in [1.82, 2.24) is 4.90 Å². The van der Waals surface area contributed by atoms with E-state index in [9.17, 15) is 9.18 Å². The van der Waals surface area contributed by atoms with E-state index >= 15 is 0 Å². The Bertz CT molecular complexity index is 672. The van der Waals surface area contributed by atoms with Crippen molar-refractivity contribution in [2.45, 2.75) is 18.9 Å². The highest BCUT2D eigenvalue weighted by molar-refractivity contribution is 7.16. The van der Waals surface area contributed by atoms with Crippen LogP contribution < -0.4 is 0 Å². The van der Waals surface area contributed by atoms with Crippen LogP contribution in [0.3, 0.4) is 0 Å². The molecular weight excluding hydrogens is 309 g/mol. The Hall–Kier alpha value is -1.39. The largest absolute Gasteiger partial charge is 0.340 e. The van der Waals surface area contributed by atoms with Crippen molar-refractivity contribution in [3.05, 3.63) is 57.0 Å². The Labute approximate surface area is 132 Å². The zero-order chi connectivity index (χ0) is 15.0. The first-order valence-electron chi connectivity index (χ1n) is 6.80. The summed E-state index contributed by atoms with van der Waals surface area (Å²) in [5, 5.41) is 0. The molecule has 2 nitrogen and oxygen atoms in total. The maximum absolute atomic E-state index is 13.7. The lowest BCUT2D eigenvalue weighted by molar-refractivity contribution is -0.131. The number of rotatable bonds is 4. The van der Waals surface area contributed by atoms with Gasteiger partial charge in [-0.2, -0.15) is 0 Å².